The van der Waals surface area contributed by atoms with Crippen LogP contribution in [0.1, 0.15) is 42.8 Å². The molecule has 1 aromatic heterocycles. The highest BCUT2D eigenvalue weighted by Crippen LogP contribution is 2.40. The Bertz CT molecular complexity index is 1300. The minimum absolute atomic E-state index is 0.0445. The maximum Gasteiger partial charge on any atom is 0.247 e. The van der Waals surface area contributed by atoms with Gasteiger partial charge in [0.15, 0.2) is 5.17 Å². The van der Waals surface area contributed by atoms with Crippen molar-refractivity contribution in [3.8, 4) is 0 Å². The van der Waals surface area contributed by atoms with Crippen LogP contribution in [-0.4, -0.2) is 44.9 Å². The lowest BCUT2D eigenvalue weighted by atomic mass is 10.1. The largest absolute Gasteiger partial charge is 0.344 e. The Morgan fingerprint density at radius 2 is 1.71 bits per heavy atom. The van der Waals surface area contributed by atoms with Crippen molar-refractivity contribution in [2.75, 3.05) is 5.32 Å². The van der Waals surface area contributed by atoms with Gasteiger partial charge in [0.2, 0.25) is 17.7 Å². The first kappa shape index (κ1) is 27.1. The van der Waals surface area contributed by atoms with Gasteiger partial charge in [-0.15, -0.1) is 0 Å². The number of amidine groups is 1. The molecule has 2 N–H and O–H groups in total. The summed E-state index contributed by atoms with van der Waals surface area (Å²) in [5.74, 6) is -0.593. The van der Waals surface area contributed by atoms with E-state index in [0.29, 0.717) is 17.4 Å². The smallest absolute Gasteiger partial charge is 0.247 e. The zero-order valence-corrected chi connectivity index (χ0v) is 22.4. The summed E-state index contributed by atoms with van der Waals surface area (Å²) in [6, 6.07) is 21.5. The molecule has 0 aliphatic carbocycles. The van der Waals surface area contributed by atoms with E-state index >= 15 is 0 Å². The second-order valence-electron chi connectivity index (χ2n) is 9.31. The summed E-state index contributed by atoms with van der Waals surface area (Å²) >= 11 is 1.42. The van der Waals surface area contributed by atoms with Crippen molar-refractivity contribution in [3.05, 3.63) is 95.8 Å². The molecule has 3 aromatic rings. The summed E-state index contributed by atoms with van der Waals surface area (Å²) < 4.78 is 0. The molecule has 0 saturated carbocycles. The number of pyridine rings is 1. The number of carbonyl (C=O) groups is 3. The van der Waals surface area contributed by atoms with Crippen molar-refractivity contribution in [2.24, 2.45) is 4.99 Å². The summed E-state index contributed by atoms with van der Waals surface area (Å²) in [6.07, 6.45) is 1.92. The number of hydrogen-bond donors (Lipinski definition) is 2. The lowest BCUT2D eigenvalue weighted by Gasteiger charge is -2.17. The molecule has 3 amide bonds. The van der Waals surface area contributed by atoms with E-state index in [2.05, 4.69) is 20.6 Å². The third kappa shape index (κ3) is 7.07. The van der Waals surface area contributed by atoms with Gasteiger partial charge in [0.05, 0.1) is 18.7 Å². The van der Waals surface area contributed by atoms with Crippen LogP contribution in [0.2, 0.25) is 0 Å². The zero-order valence-electron chi connectivity index (χ0n) is 21.6. The Hall–Kier alpha value is -3.98. The Morgan fingerprint density at radius 3 is 2.37 bits per heavy atom. The molecule has 8 nitrogen and oxygen atoms in total. The SMILES string of the molecule is CC(C)N=C1SC(c2ccc(NC(=O)[C@H](C)NC(=O)Cc3ccccc3)cc2)C(=O)N1Cc1ccccn1. The average Bonchev–Trinajstić information content (AvgIpc) is 3.19. The van der Waals surface area contributed by atoms with E-state index in [-0.39, 0.29) is 30.2 Å². The van der Waals surface area contributed by atoms with Crippen LogP contribution >= 0.6 is 11.8 Å². The third-order valence-corrected chi connectivity index (χ3v) is 7.06. The number of aliphatic imine (C=N–C) groups is 1. The van der Waals surface area contributed by atoms with Crippen LogP contribution in [0.4, 0.5) is 5.69 Å². The fraction of sp³-hybridized carbons (Fsp3) is 0.276. The zero-order chi connectivity index (χ0) is 27.1. The van der Waals surface area contributed by atoms with Crippen LogP contribution in [0.15, 0.2) is 84.0 Å². The third-order valence-electron chi connectivity index (χ3n) is 5.82. The van der Waals surface area contributed by atoms with Crippen LogP contribution < -0.4 is 10.6 Å². The standard InChI is InChI=1S/C29H31N5O3S/c1-19(2)31-29-34(18-24-11-7-8-16-30-24)28(37)26(38-29)22-12-14-23(15-13-22)33-27(36)20(3)32-25(35)17-21-9-5-4-6-10-21/h4-16,19-20,26H,17-18H2,1-3H3,(H,32,35)(H,33,36)/t20-,26?/m0/s1. The summed E-state index contributed by atoms with van der Waals surface area (Å²) in [6.45, 7) is 5.96. The number of nitrogens with zero attached hydrogens (tertiary/aromatic N) is 3. The van der Waals surface area contributed by atoms with Crippen LogP contribution in [0, 0.1) is 0 Å². The van der Waals surface area contributed by atoms with Gasteiger partial charge in [-0.2, -0.15) is 0 Å². The quantitative estimate of drug-likeness (QED) is 0.429. The summed E-state index contributed by atoms with van der Waals surface area (Å²) in [4.78, 5) is 49.0. The van der Waals surface area contributed by atoms with Gasteiger partial charge in [-0.3, -0.25) is 29.3 Å². The summed E-state index contributed by atoms with van der Waals surface area (Å²) in [5, 5.41) is 5.81. The van der Waals surface area contributed by atoms with Gasteiger partial charge in [0, 0.05) is 17.9 Å². The van der Waals surface area contributed by atoms with Gasteiger partial charge in [-0.25, -0.2) is 0 Å². The van der Waals surface area contributed by atoms with E-state index in [1.165, 1.54) is 11.8 Å². The molecule has 1 unspecified atom stereocenters. The number of nitrogens with one attached hydrogen (secondary N) is 2. The lowest BCUT2D eigenvalue weighted by Crippen LogP contribution is -2.42. The van der Waals surface area contributed by atoms with E-state index in [4.69, 9.17) is 0 Å². The molecule has 1 aliphatic heterocycles. The molecule has 0 spiro atoms. The number of amides is 3. The average molecular weight is 530 g/mol. The van der Waals surface area contributed by atoms with E-state index < -0.39 is 11.3 Å². The van der Waals surface area contributed by atoms with E-state index in [9.17, 15) is 14.4 Å². The fourth-order valence-corrected chi connectivity index (χ4v) is 5.20. The van der Waals surface area contributed by atoms with E-state index in [0.717, 1.165) is 16.8 Å². The summed E-state index contributed by atoms with van der Waals surface area (Å²) in [5.41, 5.74) is 3.08. The number of rotatable bonds is 9. The van der Waals surface area contributed by atoms with Gasteiger partial charge in [-0.1, -0.05) is 60.3 Å². The van der Waals surface area contributed by atoms with Crippen molar-refractivity contribution in [2.45, 2.75) is 51.1 Å². The number of thioether (sulfide) groups is 1. The Labute approximate surface area is 227 Å². The maximum atomic E-state index is 13.4. The van der Waals surface area contributed by atoms with Crippen LogP contribution in [0.25, 0.3) is 0 Å². The molecule has 0 radical (unpaired) electrons. The molecular formula is C29H31N5O3S. The molecule has 4 rings (SSSR count). The normalized spacial score (nSPS) is 17.1. The van der Waals surface area contributed by atoms with E-state index in [1.54, 1.807) is 30.2 Å². The predicted octanol–water partition coefficient (Wildman–Crippen LogP) is 4.35. The molecule has 1 aliphatic rings. The number of aromatic nitrogens is 1. The van der Waals surface area contributed by atoms with Gasteiger partial charge in [0.25, 0.3) is 0 Å². The molecule has 1 fully saturated rings. The van der Waals surface area contributed by atoms with Crippen LogP contribution in [0.5, 0.6) is 0 Å². The maximum absolute atomic E-state index is 13.4. The number of hydrogen-bond acceptors (Lipinski definition) is 6. The number of carbonyl (C=O) groups excluding carboxylic acids is 3. The Morgan fingerprint density at radius 1 is 1.00 bits per heavy atom. The van der Waals surface area contributed by atoms with Gasteiger partial charge in [0.1, 0.15) is 11.3 Å². The molecule has 38 heavy (non-hydrogen) atoms. The van der Waals surface area contributed by atoms with Crippen molar-refractivity contribution in [3.63, 3.8) is 0 Å². The second-order valence-corrected chi connectivity index (χ2v) is 10.4. The molecule has 196 valence electrons. The molecule has 1 saturated heterocycles. The van der Waals surface area contributed by atoms with Crippen molar-refractivity contribution in [1.29, 1.82) is 0 Å². The molecular weight excluding hydrogens is 498 g/mol. The lowest BCUT2D eigenvalue weighted by molar-refractivity contribution is -0.126. The van der Waals surface area contributed by atoms with Crippen molar-refractivity contribution < 1.29 is 14.4 Å². The first-order valence-electron chi connectivity index (χ1n) is 12.5. The summed E-state index contributed by atoms with van der Waals surface area (Å²) in [7, 11) is 0. The topological polar surface area (TPSA) is 104 Å². The minimum Gasteiger partial charge on any atom is -0.344 e. The van der Waals surface area contributed by atoms with Crippen LogP contribution in [0.3, 0.4) is 0 Å². The molecule has 9 heteroatoms. The molecule has 0 bridgehead atoms. The van der Waals surface area contributed by atoms with Gasteiger partial charge in [-0.05, 0) is 56.2 Å². The monoisotopic (exact) mass is 529 g/mol. The highest BCUT2D eigenvalue weighted by Gasteiger charge is 2.39. The molecule has 2 heterocycles. The van der Waals surface area contributed by atoms with Crippen molar-refractivity contribution in [1.82, 2.24) is 15.2 Å². The minimum atomic E-state index is -0.701. The second kappa shape index (κ2) is 12.5. The number of benzene rings is 2. The Kier molecular flexibility index (Phi) is 8.91. The predicted molar refractivity (Wildman–Crippen MR) is 151 cm³/mol. The Balaban J connectivity index is 1.38. The molecule has 2 aromatic carbocycles. The number of anilines is 1. The van der Waals surface area contributed by atoms with E-state index in [1.807, 2.05) is 74.5 Å². The first-order chi connectivity index (χ1) is 18.3. The highest BCUT2D eigenvalue weighted by atomic mass is 32.2. The fourth-order valence-electron chi connectivity index (χ4n) is 3.92. The van der Waals surface area contributed by atoms with Crippen molar-refractivity contribution >= 4 is 40.3 Å². The first-order valence-corrected chi connectivity index (χ1v) is 13.4. The van der Waals surface area contributed by atoms with Crippen LogP contribution in [-0.2, 0) is 27.3 Å². The van der Waals surface area contributed by atoms with Gasteiger partial charge >= 0.3 is 0 Å². The highest BCUT2D eigenvalue weighted by molar-refractivity contribution is 8.15. The van der Waals surface area contributed by atoms with Gasteiger partial charge < -0.3 is 10.6 Å². The molecule has 2 atom stereocenters.